The number of aliphatic imine (C=N–C) groups is 1. The third kappa shape index (κ3) is 5.93. The van der Waals surface area contributed by atoms with E-state index < -0.39 is 12.1 Å². The summed E-state index contributed by atoms with van der Waals surface area (Å²) in [6.45, 7) is 1.79. The fourth-order valence-corrected chi connectivity index (χ4v) is 2.03. The Bertz CT molecular complexity index is 850. The predicted molar refractivity (Wildman–Crippen MR) is 104 cm³/mol. The maximum absolute atomic E-state index is 12.4. The minimum absolute atomic E-state index is 0. The number of aromatic nitrogens is 1. The lowest BCUT2D eigenvalue weighted by molar-refractivity contribution is -0.274. The van der Waals surface area contributed by atoms with Crippen LogP contribution in [0.3, 0.4) is 0 Å². The highest BCUT2D eigenvalue weighted by Gasteiger charge is 2.32. The second kappa shape index (κ2) is 8.92. The van der Waals surface area contributed by atoms with Gasteiger partial charge in [0.1, 0.15) is 0 Å². The lowest BCUT2D eigenvalue weighted by Crippen LogP contribution is -2.26. The molecule has 0 spiro atoms. The molecule has 10 heteroatoms. The number of alkyl halides is 3. The molecule has 1 heterocycles. The Hall–Kier alpha value is -2.24. The van der Waals surface area contributed by atoms with E-state index in [1.165, 1.54) is 22.8 Å². The van der Waals surface area contributed by atoms with Gasteiger partial charge in [-0.3, -0.25) is 4.79 Å². The molecule has 0 saturated carbocycles. The van der Waals surface area contributed by atoms with Crippen LogP contribution in [0.4, 0.5) is 18.9 Å². The van der Waals surface area contributed by atoms with Crippen LogP contribution in [0.15, 0.2) is 46.2 Å². The van der Waals surface area contributed by atoms with Gasteiger partial charge in [0.05, 0.1) is 12.2 Å². The van der Waals surface area contributed by atoms with E-state index in [1.807, 2.05) is 0 Å². The van der Waals surface area contributed by atoms with E-state index in [1.54, 1.807) is 26.1 Å². The number of nitrogens with two attached hydrogens (primary N) is 1. The average molecular weight is 482 g/mol. The van der Waals surface area contributed by atoms with E-state index >= 15 is 0 Å². The summed E-state index contributed by atoms with van der Waals surface area (Å²) in [5.41, 5.74) is 6.71. The fraction of sp³-hybridized carbons (Fsp3) is 0.250. The minimum atomic E-state index is -4.82. The molecule has 2 aromatic rings. The molecule has 0 radical (unpaired) electrons. The van der Waals surface area contributed by atoms with Crippen molar-refractivity contribution < 1.29 is 17.9 Å². The van der Waals surface area contributed by atoms with Gasteiger partial charge in [0.2, 0.25) is 0 Å². The number of benzene rings is 1. The lowest BCUT2D eigenvalue weighted by Gasteiger charge is -2.14. The van der Waals surface area contributed by atoms with E-state index in [0.717, 1.165) is 11.8 Å². The van der Waals surface area contributed by atoms with Crippen molar-refractivity contribution in [3.05, 3.63) is 58.0 Å². The van der Waals surface area contributed by atoms with E-state index in [0.29, 0.717) is 5.56 Å². The summed E-state index contributed by atoms with van der Waals surface area (Å²) in [6.07, 6.45) is -4.82. The van der Waals surface area contributed by atoms with Gasteiger partial charge >= 0.3 is 6.36 Å². The number of anilines is 1. The number of pyridine rings is 1. The van der Waals surface area contributed by atoms with E-state index in [2.05, 4.69) is 15.0 Å². The van der Waals surface area contributed by atoms with Crippen molar-refractivity contribution in [1.29, 1.82) is 0 Å². The average Bonchev–Trinajstić information content (AvgIpc) is 2.52. The first-order valence-corrected chi connectivity index (χ1v) is 7.24. The van der Waals surface area contributed by atoms with E-state index in [-0.39, 0.29) is 47.7 Å². The quantitative estimate of drug-likeness (QED) is 0.399. The van der Waals surface area contributed by atoms with Gasteiger partial charge in [0.25, 0.3) is 5.56 Å². The Labute approximate surface area is 164 Å². The Morgan fingerprint density at radius 3 is 2.58 bits per heavy atom. The van der Waals surface area contributed by atoms with E-state index in [4.69, 9.17) is 5.73 Å². The smallest absolute Gasteiger partial charge is 0.404 e. The van der Waals surface area contributed by atoms with Gasteiger partial charge in [-0.25, -0.2) is 4.99 Å². The SMILES string of the molecule is Cc1ccc(CN=C(N)Nc2ccccc2OC(F)(F)F)c(=O)n1C.I. The van der Waals surface area contributed by atoms with Crippen LogP contribution in [0.1, 0.15) is 11.3 Å². The van der Waals surface area contributed by atoms with Crippen molar-refractivity contribution >= 4 is 35.6 Å². The largest absolute Gasteiger partial charge is 0.573 e. The van der Waals surface area contributed by atoms with Crippen LogP contribution < -0.4 is 21.3 Å². The van der Waals surface area contributed by atoms with Crippen molar-refractivity contribution in [3.8, 4) is 5.75 Å². The highest BCUT2D eigenvalue weighted by Crippen LogP contribution is 2.29. The number of nitrogens with zero attached hydrogens (tertiary/aromatic N) is 2. The van der Waals surface area contributed by atoms with Crippen LogP contribution in [-0.2, 0) is 13.6 Å². The van der Waals surface area contributed by atoms with Crippen LogP contribution >= 0.6 is 24.0 Å². The fourth-order valence-electron chi connectivity index (χ4n) is 2.03. The minimum Gasteiger partial charge on any atom is -0.404 e. The van der Waals surface area contributed by atoms with Gasteiger partial charge in [0, 0.05) is 18.3 Å². The number of aryl methyl sites for hydroxylation is 1. The van der Waals surface area contributed by atoms with E-state index in [9.17, 15) is 18.0 Å². The molecule has 26 heavy (non-hydrogen) atoms. The molecule has 0 bridgehead atoms. The number of hydrogen-bond donors (Lipinski definition) is 2. The first-order chi connectivity index (χ1) is 11.7. The Kier molecular flexibility index (Phi) is 7.48. The number of para-hydroxylation sites is 2. The molecule has 0 unspecified atom stereocenters. The topological polar surface area (TPSA) is 81.6 Å². The third-order valence-electron chi connectivity index (χ3n) is 3.43. The first-order valence-electron chi connectivity index (χ1n) is 7.24. The summed E-state index contributed by atoms with van der Waals surface area (Å²) < 4.78 is 42.6. The molecule has 3 N–H and O–H groups in total. The number of guanidine groups is 1. The number of hydrogen-bond acceptors (Lipinski definition) is 3. The molecule has 6 nitrogen and oxygen atoms in total. The molecule has 0 saturated heterocycles. The molecule has 2 rings (SSSR count). The van der Waals surface area contributed by atoms with Gasteiger partial charge in [0.15, 0.2) is 11.7 Å². The number of ether oxygens (including phenoxy) is 1. The molecule has 1 aromatic heterocycles. The Balaban J connectivity index is 0.00000338. The molecule has 0 aliphatic carbocycles. The number of halogens is 4. The third-order valence-corrected chi connectivity index (χ3v) is 3.43. The molecule has 0 aliphatic heterocycles. The van der Waals surface area contributed by atoms with Crippen molar-refractivity contribution in [2.24, 2.45) is 17.8 Å². The molecule has 0 atom stereocenters. The molecule has 142 valence electrons. The molecular weight excluding hydrogens is 464 g/mol. The lowest BCUT2D eigenvalue weighted by atomic mass is 10.2. The zero-order chi connectivity index (χ0) is 18.6. The van der Waals surface area contributed by atoms with Crippen molar-refractivity contribution in [2.45, 2.75) is 19.8 Å². The summed E-state index contributed by atoms with van der Waals surface area (Å²) in [6, 6.07) is 8.84. The second-order valence-electron chi connectivity index (χ2n) is 5.23. The van der Waals surface area contributed by atoms with Crippen molar-refractivity contribution in [2.75, 3.05) is 5.32 Å². The summed E-state index contributed by atoms with van der Waals surface area (Å²) in [7, 11) is 1.64. The zero-order valence-electron chi connectivity index (χ0n) is 14.0. The van der Waals surface area contributed by atoms with Gasteiger partial charge in [-0.1, -0.05) is 12.1 Å². The van der Waals surface area contributed by atoms with Crippen LogP contribution in [0.5, 0.6) is 5.75 Å². The zero-order valence-corrected chi connectivity index (χ0v) is 16.3. The first kappa shape index (κ1) is 21.8. The Morgan fingerprint density at radius 1 is 1.27 bits per heavy atom. The van der Waals surface area contributed by atoms with Gasteiger partial charge < -0.3 is 20.4 Å². The van der Waals surface area contributed by atoms with Gasteiger partial charge in [-0.2, -0.15) is 0 Å². The monoisotopic (exact) mass is 482 g/mol. The normalized spacial score (nSPS) is 11.7. The number of rotatable bonds is 4. The van der Waals surface area contributed by atoms with Gasteiger partial charge in [-0.15, -0.1) is 37.1 Å². The van der Waals surface area contributed by atoms with Crippen molar-refractivity contribution in [1.82, 2.24) is 4.57 Å². The Morgan fingerprint density at radius 2 is 1.92 bits per heavy atom. The molecule has 1 aromatic carbocycles. The maximum atomic E-state index is 12.4. The van der Waals surface area contributed by atoms with Crippen LogP contribution in [0.2, 0.25) is 0 Å². The predicted octanol–water partition coefficient (Wildman–Crippen LogP) is 3.14. The second-order valence-corrected chi connectivity index (χ2v) is 5.23. The summed E-state index contributed by atoms with van der Waals surface area (Å²) in [4.78, 5) is 16.1. The summed E-state index contributed by atoms with van der Waals surface area (Å²) in [5.74, 6) is -0.569. The molecule has 0 fully saturated rings. The molecule has 0 amide bonds. The highest BCUT2D eigenvalue weighted by molar-refractivity contribution is 14.0. The van der Waals surface area contributed by atoms with Gasteiger partial charge in [-0.05, 0) is 31.2 Å². The van der Waals surface area contributed by atoms with Crippen molar-refractivity contribution in [3.63, 3.8) is 0 Å². The van der Waals surface area contributed by atoms with Crippen LogP contribution in [-0.4, -0.2) is 16.9 Å². The summed E-state index contributed by atoms with van der Waals surface area (Å²) >= 11 is 0. The standard InChI is InChI=1S/C16H17F3N4O2.HI/c1-10-7-8-11(14(24)23(10)2)9-21-15(20)22-12-5-3-4-6-13(12)25-16(17,18)19;/h3-8H,9H2,1-2H3,(H3,20,21,22);1H. The summed E-state index contributed by atoms with van der Waals surface area (Å²) in [5, 5.41) is 2.54. The maximum Gasteiger partial charge on any atom is 0.573 e. The number of nitrogens with one attached hydrogen (secondary N) is 1. The van der Waals surface area contributed by atoms with Crippen LogP contribution in [0, 0.1) is 6.92 Å². The molecular formula is C16H18F3IN4O2. The van der Waals surface area contributed by atoms with Crippen LogP contribution in [0.25, 0.3) is 0 Å². The molecule has 0 aliphatic rings. The highest BCUT2D eigenvalue weighted by atomic mass is 127.